The molecule has 0 aromatic heterocycles. The number of esters is 3. The van der Waals surface area contributed by atoms with E-state index < -0.39 is 67.3 Å². The Balaban J connectivity index is 2.73. The van der Waals surface area contributed by atoms with Crippen LogP contribution >= 0.6 is 0 Å². The van der Waals surface area contributed by atoms with Gasteiger partial charge in [0.25, 0.3) is 0 Å². The molecule has 0 aromatic rings. The normalized spacial score (nSPS) is 18.9. The molecule has 1 aliphatic heterocycles. The molecule has 6 unspecified atom stereocenters. The second kappa shape index (κ2) is 48.8. The van der Waals surface area contributed by atoms with Gasteiger partial charge in [-0.05, 0) is 89.9 Å². The Bertz CT molecular complexity index is 1590. The molecule has 416 valence electrons. The minimum absolute atomic E-state index is 0.0523. The smallest absolute Gasteiger partial charge is 0.335 e. The van der Waals surface area contributed by atoms with E-state index in [1.165, 1.54) is 51.4 Å². The Morgan fingerprint density at radius 2 is 0.877 bits per heavy atom. The third kappa shape index (κ3) is 39.0. The van der Waals surface area contributed by atoms with Crippen molar-refractivity contribution in [1.82, 2.24) is 0 Å². The van der Waals surface area contributed by atoms with Gasteiger partial charge in [0, 0.05) is 19.3 Å². The molecular formula is C61H100O12. The fraction of sp³-hybridized carbons (Fsp3) is 0.705. The average Bonchev–Trinajstić information content (AvgIpc) is 3.37. The van der Waals surface area contributed by atoms with Crippen LogP contribution in [0.2, 0.25) is 0 Å². The highest BCUT2D eigenvalue weighted by Crippen LogP contribution is 2.26. The third-order valence-electron chi connectivity index (χ3n) is 12.5. The number of hydrogen-bond donors (Lipinski definition) is 3. The number of hydrogen-bond acceptors (Lipinski definition) is 11. The van der Waals surface area contributed by atoms with Crippen LogP contribution in [0.25, 0.3) is 0 Å². The molecule has 1 saturated heterocycles. The number of allylic oxidation sites excluding steroid dienone is 14. The van der Waals surface area contributed by atoms with Crippen LogP contribution in [0.4, 0.5) is 0 Å². The topological polar surface area (TPSA) is 175 Å². The molecule has 0 bridgehead atoms. The predicted octanol–water partition coefficient (Wildman–Crippen LogP) is 14.3. The van der Waals surface area contributed by atoms with Gasteiger partial charge in [-0.25, -0.2) is 4.79 Å². The van der Waals surface area contributed by atoms with Crippen LogP contribution in [0.1, 0.15) is 226 Å². The molecule has 1 heterocycles. The second-order valence-electron chi connectivity index (χ2n) is 19.2. The summed E-state index contributed by atoms with van der Waals surface area (Å²) in [5.41, 5.74) is 0. The number of ether oxygens (including phenoxy) is 5. The molecule has 1 fully saturated rings. The molecule has 1 rings (SSSR count). The van der Waals surface area contributed by atoms with Crippen molar-refractivity contribution in [2.45, 2.75) is 263 Å². The van der Waals surface area contributed by atoms with Gasteiger partial charge < -0.3 is 39.0 Å². The number of rotatable bonds is 47. The van der Waals surface area contributed by atoms with E-state index in [0.717, 1.165) is 109 Å². The third-order valence-corrected chi connectivity index (χ3v) is 12.5. The number of carboxylic acids is 1. The average molecular weight is 1030 g/mol. The zero-order chi connectivity index (χ0) is 53.3. The number of unbranched alkanes of at least 4 members (excludes halogenated alkanes) is 19. The molecule has 6 atom stereocenters. The molecule has 0 amide bonds. The fourth-order valence-electron chi connectivity index (χ4n) is 8.08. The number of aliphatic hydroxyl groups excluding tert-OH is 2. The largest absolute Gasteiger partial charge is 0.479 e. The molecule has 0 spiro atoms. The summed E-state index contributed by atoms with van der Waals surface area (Å²) in [7, 11) is 0. The first-order valence-electron chi connectivity index (χ1n) is 28.6. The SMILES string of the molecule is CC/C=C\C/C=C\C/C=C\C/C=C\C/C=C\CCCC(=O)OCC(COC1OC(C(=O)O)C(O)C(O)C1OC(=O)CCCCCCCCCCC)OC(=O)CCCCCCCCC/C=C\C/C=C\CCCCC. The first-order chi connectivity index (χ1) is 35.6. The fourth-order valence-corrected chi connectivity index (χ4v) is 8.08. The lowest BCUT2D eigenvalue weighted by Crippen LogP contribution is -2.61. The number of carboxylic acid groups (broad SMARTS) is 1. The maximum absolute atomic E-state index is 13.1. The number of aliphatic carboxylic acids is 1. The lowest BCUT2D eigenvalue weighted by molar-refractivity contribution is -0.301. The Labute approximate surface area is 441 Å². The van der Waals surface area contributed by atoms with Gasteiger partial charge in [-0.2, -0.15) is 0 Å². The van der Waals surface area contributed by atoms with Gasteiger partial charge in [0.05, 0.1) is 6.61 Å². The minimum atomic E-state index is -1.91. The summed E-state index contributed by atoms with van der Waals surface area (Å²) >= 11 is 0. The van der Waals surface area contributed by atoms with Gasteiger partial charge in [0.15, 0.2) is 24.6 Å². The summed E-state index contributed by atoms with van der Waals surface area (Å²) in [6, 6.07) is 0. The van der Waals surface area contributed by atoms with E-state index in [4.69, 9.17) is 23.7 Å². The van der Waals surface area contributed by atoms with Crippen molar-refractivity contribution in [3.05, 3.63) is 85.1 Å². The molecule has 73 heavy (non-hydrogen) atoms. The van der Waals surface area contributed by atoms with Gasteiger partial charge in [-0.1, -0.05) is 202 Å². The summed E-state index contributed by atoms with van der Waals surface area (Å²) < 4.78 is 28.3. The molecule has 3 N–H and O–H groups in total. The summed E-state index contributed by atoms with van der Waals surface area (Å²) in [6.45, 7) is 5.75. The van der Waals surface area contributed by atoms with Gasteiger partial charge in [-0.3, -0.25) is 14.4 Å². The van der Waals surface area contributed by atoms with E-state index in [-0.39, 0.29) is 25.9 Å². The van der Waals surface area contributed by atoms with Crippen molar-refractivity contribution >= 4 is 23.9 Å². The van der Waals surface area contributed by atoms with Gasteiger partial charge in [0.2, 0.25) is 0 Å². The van der Waals surface area contributed by atoms with Crippen LogP contribution in [0.5, 0.6) is 0 Å². The Morgan fingerprint density at radius 1 is 0.466 bits per heavy atom. The number of carbonyl (C=O) groups is 4. The van der Waals surface area contributed by atoms with E-state index in [9.17, 15) is 34.5 Å². The predicted molar refractivity (Wildman–Crippen MR) is 294 cm³/mol. The van der Waals surface area contributed by atoms with Crippen LogP contribution < -0.4 is 0 Å². The molecule has 12 nitrogen and oxygen atoms in total. The van der Waals surface area contributed by atoms with Crippen LogP contribution in [0.3, 0.4) is 0 Å². The minimum Gasteiger partial charge on any atom is -0.479 e. The molecular weight excluding hydrogens is 925 g/mol. The van der Waals surface area contributed by atoms with Crippen molar-refractivity contribution in [1.29, 1.82) is 0 Å². The molecule has 0 aromatic carbocycles. The molecule has 12 heteroatoms. The second-order valence-corrected chi connectivity index (χ2v) is 19.2. The van der Waals surface area contributed by atoms with E-state index in [1.807, 2.05) is 6.08 Å². The standard InChI is InChI=1S/C61H100O12/c1-4-7-10-13-16-19-21-23-25-27-29-31-33-36-38-41-44-47-53(62)69-50-52(71-54(63)48-45-42-40-37-34-32-30-28-26-24-22-20-17-14-11-8-5-2)51-70-61-59(57(66)56(65)58(73-61)60(67)68)72-55(64)49-46-43-39-35-18-15-12-9-6-3/h7,10,16-17,19-20,23-26,29,31,36,38,52,56-59,61,65-66H,4-6,8-9,11-15,18,21-22,27-28,30,32-35,37,39-51H2,1-3H3,(H,67,68)/b10-7-,19-16-,20-17-,25-23-,26-24-,31-29-,38-36-. The molecule has 0 aliphatic carbocycles. The highest BCUT2D eigenvalue weighted by molar-refractivity contribution is 5.74. The van der Waals surface area contributed by atoms with Crippen LogP contribution in [0, 0.1) is 0 Å². The van der Waals surface area contributed by atoms with Crippen molar-refractivity contribution in [3.63, 3.8) is 0 Å². The first-order valence-corrected chi connectivity index (χ1v) is 28.6. The van der Waals surface area contributed by atoms with Crippen molar-refractivity contribution < 1.29 is 58.2 Å². The van der Waals surface area contributed by atoms with Crippen LogP contribution in [-0.4, -0.2) is 89.2 Å². The monoisotopic (exact) mass is 1020 g/mol. The Morgan fingerprint density at radius 3 is 1.38 bits per heavy atom. The van der Waals surface area contributed by atoms with Gasteiger partial charge >= 0.3 is 23.9 Å². The zero-order valence-electron chi connectivity index (χ0n) is 45.6. The summed E-state index contributed by atoms with van der Waals surface area (Å²) in [5.74, 6) is -3.21. The highest BCUT2D eigenvalue weighted by atomic mass is 16.7. The number of aliphatic hydroxyl groups is 2. The highest BCUT2D eigenvalue weighted by Gasteiger charge is 2.50. The van der Waals surface area contributed by atoms with E-state index in [0.29, 0.717) is 25.7 Å². The quantitative estimate of drug-likeness (QED) is 0.0228. The van der Waals surface area contributed by atoms with Gasteiger partial charge in [-0.15, -0.1) is 0 Å². The van der Waals surface area contributed by atoms with E-state index >= 15 is 0 Å². The van der Waals surface area contributed by atoms with Crippen molar-refractivity contribution in [2.24, 2.45) is 0 Å². The van der Waals surface area contributed by atoms with Crippen molar-refractivity contribution in [2.75, 3.05) is 13.2 Å². The molecule has 1 aliphatic rings. The lowest BCUT2D eigenvalue weighted by atomic mass is 9.98. The van der Waals surface area contributed by atoms with Crippen LogP contribution in [0.15, 0.2) is 85.1 Å². The lowest BCUT2D eigenvalue weighted by Gasteiger charge is -2.40. The number of carbonyl (C=O) groups excluding carboxylic acids is 3. The summed E-state index contributed by atoms with van der Waals surface area (Å²) in [4.78, 5) is 50.9. The summed E-state index contributed by atoms with van der Waals surface area (Å²) in [5, 5.41) is 31.4. The Hall–Kier alpha value is -4.10. The summed E-state index contributed by atoms with van der Waals surface area (Å²) in [6.07, 6.45) is 50.0. The van der Waals surface area contributed by atoms with E-state index in [2.05, 4.69) is 99.8 Å². The molecule has 0 radical (unpaired) electrons. The van der Waals surface area contributed by atoms with Crippen LogP contribution in [-0.2, 0) is 42.9 Å². The van der Waals surface area contributed by atoms with Gasteiger partial charge in [0.1, 0.15) is 18.8 Å². The van der Waals surface area contributed by atoms with Crippen molar-refractivity contribution in [3.8, 4) is 0 Å². The molecule has 0 saturated carbocycles. The Kier molecular flexibility index (Phi) is 44.7. The first kappa shape index (κ1) is 66.9. The zero-order valence-corrected chi connectivity index (χ0v) is 45.6. The maximum atomic E-state index is 13.1. The van der Waals surface area contributed by atoms with E-state index in [1.54, 1.807) is 0 Å². The maximum Gasteiger partial charge on any atom is 0.335 e.